The van der Waals surface area contributed by atoms with Crippen molar-refractivity contribution in [1.29, 1.82) is 0 Å². The van der Waals surface area contributed by atoms with Crippen molar-refractivity contribution in [2.75, 3.05) is 0 Å². The molecule has 3 heteroatoms. The summed E-state index contributed by atoms with van der Waals surface area (Å²) in [7, 11) is 0. The van der Waals surface area contributed by atoms with Gasteiger partial charge in [0.2, 0.25) is 0 Å². The Balaban J connectivity index is 1.44. The zero-order chi connectivity index (χ0) is 28.2. The van der Waals surface area contributed by atoms with Gasteiger partial charge in [0.15, 0.2) is 0 Å². The third kappa shape index (κ3) is 4.84. The molecule has 39 heavy (non-hydrogen) atoms. The zero-order valence-corrected chi connectivity index (χ0v) is 25.6. The van der Waals surface area contributed by atoms with Crippen LogP contribution in [0.1, 0.15) is 117 Å². The molecule has 4 aliphatic rings. The molecular weight excluding hydrogens is 480 g/mol. The molecule has 3 saturated carbocycles. The Morgan fingerprint density at radius 3 is 2.41 bits per heavy atom. The van der Waals surface area contributed by atoms with E-state index in [0.29, 0.717) is 35.0 Å². The summed E-state index contributed by atoms with van der Waals surface area (Å²) < 4.78 is 6.43. The summed E-state index contributed by atoms with van der Waals surface area (Å²) in [5.74, 6) is 2.86. The van der Waals surface area contributed by atoms with Crippen LogP contribution in [0.25, 0.3) is 0 Å². The first kappa shape index (κ1) is 28.6. The van der Waals surface area contributed by atoms with E-state index in [9.17, 15) is 9.59 Å². The highest BCUT2D eigenvalue weighted by Gasteiger charge is 2.65. The van der Waals surface area contributed by atoms with Gasteiger partial charge in [0.25, 0.3) is 0 Å². The van der Waals surface area contributed by atoms with Gasteiger partial charge in [-0.05, 0) is 84.7 Å². The summed E-state index contributed by atoms with van der Waals surface area (Å²) in [6, 6.07) is 9.45. The topological polar surface area (TPSA) is 43.4 Å². The predicted octanol–water partition coefficient (Wildman–Crippen LogP) is 9.07. The highest BCUT2D eigenvalue weighted by atomic mass is 16.5. The first-order valence-corrected chi connectivity index (χ1v) is 15.9. The molecular formula is C36H52O3. The minimum absolute atomic E-state index is 0.0436. The van der Waals surface area contributed by atoms with Crippen LogP contribution in [-0.2, 0) is 9.53 Å². The Kier molecular flexibility index (Phi) is 7.70. The molecule has 0 amide bonds. The second kappa shape index (κ2) is 10.5. The maximum atomic E-state index is 13.9. The van der Waals surface area contributed by atoms with E-state index in [4.69, 9.17) is 4.74 Å². The van der Waals surface area contributed by atoms with Crippen LogP contribution in [0.2, 0.25) is 0 Å². The number of Topliss-reactive ketones (excluding diaryl/α,β-unsaturated/α-hetero) is 1. The lowest BCUT2D eigenvalue weighted by molar-refractivity contribution is -0.146. The maximum absolute atomic E-state index is 13.9. The fourth-order valence-corrected chi connectivity index (χ4v) is 10.0. The van der Waals surface area contributed by atoms with Crippen LogP contribution in [0, 0.1) is 51.8 Å². The van der Waals surface area contributed by atoms with Crippen molar-refractivity contribution in [2.45, 2.75) is 112 Å². The number of ether oxygens (including phenoxy) is 1. The number of hydrogen-bond donors (Lipinski definition) is 0. The van der Waals surface area contributed by atoms with Gasteiger partial charge in [-0.25, -0.2) is 4.79 Å². The molecule has 1 unspecified atom stereocenters. The van der Waals surface area contributed by atoms with Crippen LogP contribution >= 0.6 is 0 Å². The van der Waals surface area contributed by atoms with Gasteiger partial charge in [0.05, 0.1) is 5.56 Å². The Morgan fingerprint density at radius 1 is 1.00 bits per heavy atom. The summed E-state index contributed by atoms with van der Waals surface area (Å²) in [6.45, 7) is 16.7. The van der Waals surface area contributed by atoms with Crippen LogP contribution in [0.15, 0.2) is 42.0 Å². The van der Waals surface area contributed by atoms with Crippen LogP contribution in [-0.4, -0.2) is 17.9 Å². The molecule has 8 atom stereocenters. The van der Waals surface area contributed by atoms with Gasteiger partial charge < -0.3 is 4.74 Å². The molecule has 0 bridgehead atoms. The summed E-state index contributed by atoms with van der Waals surface area (Å²) in [4.78, 5) is 27.2. The molecule has 0 saturated heterocycles. The van der Waals surface area contributed by atoms with Gasteiger partial charge in [-0.2, -0.15) is 0 Å². The molecule has 5 rings (SSSR count). The highest BCUT2D eigenvalue weighted by Crippen LogP contribution is 2.68. The number of ketones is 1. The van der Waals surface area contributed by atoms with Crippen molar-refractivity contribution < 1.29 is 14.3 Å². The van der Waals surface area contributed by atoms with E-state index in [1.54, 1.807) is 0 Å². The van der Waals surface area contributed by atoms with Gasteiger partial charge in [0, 0.05) is 17.8 Å². The van der Waals surface area contributed by atoms with Crippen molar-refractivity contribution in [1.82, 2.24) is 0 Å². The van der Waals surface area contributed by atoms with Gasteiger partial charge in [-0.1, -0.05) is 97.6 Å². The molecule has 1 aromatic carbocycles. The zero-order valence-electron chi connectivity index (χ0n) is 25.6. The van der Waals surface area contributed by atoms with E-state index in [2.05, 4.69) is 54.5 Å². The first-order chi connectivity index (χ1) is 18.4. The van der Waals surface area contributed by atoms with Crippen LogP contribution < -0.4 is 0 Å². The van der Waals surface area contributed by atoms with Gasteiger partial charge in [-0.3, -0.25) is 4.79 Å². The molecule has 0 aromatic heterocycles. The van der Waals surface area contributed by atoms with Crippen molar-refractivity contribution in [3.8, 4) is 0 Å². The van der Waals surface area contributed by atoms with Gasteiger partial charge in [0.1, 0.15) is 11.9 Å². The summed E-state index contributed by atoms with van der Waals surface area (Å²) in [5.41, 5.74) is 2.12. The predicted molar refractivity (Wildman–Crippen MR) is 158 cm³/mol. The number of rotatable bonds is 7. The SMILES string of the molecule is CC(C)CCC[C@@H](C)[C@H]1CC(=O)[C@H]2C3=CC[C@H]4C(C)(C)CCC(OC(=O)c5ccccc5)[C@]4(C)[C@H]3CC[C@@]21C. The number of esters is 1. The highest BCUT2D eigenvalue weighted by molar-refractivity contribution is 5.89. The standard InChI is InChI=1S/C36H52O3/c1-23(2)12-11-13-24(3)28-22-29(37)32-26-16-17-30-34(4,5)20-19-31(39-33(38)25-14-9-8-10-15-25)36(30,7)27(26)18-21-35(28,32)6/h8-10,14-16,23-24,27-28,30-32H,11-13,17-22H2,1-7H3/t24-,27+,28-,30+,31?,32-,35-,36-/m1/s1. The monoisotopic (exact) mass is 532 g/mol. The minimum atomic E-state index is -0.204. The molecule has 3 fully saturated rings. The minimum Gasteiger partial charge on any atom is -0.458 e. The van der Waals surface area contributed by atoms with Crippen LogP contribution in [0.4, 0.5) is 0 Å². The average Bonchev–Trinajstić information content (AvgIpc) is 3.16. The average molecular weight is 533 g/mol. The Morgan fingerprint density at radius 2 is 1.72 bits per heavy atom. The second-order valence-electron chi connectivity index (χ2n) is 15.3. The van der Waals surface area contributed by atoms with Crippen molar-refractivity contribution in [3.63, 3.8) is 0 Å². The number of hydrogen-bond acceptors (Lipinski definition) is 3. The van der Waals surface area contributed by atoms with Crippen molar-refractivity contribution >= 4 is 11.8 Å². The normalized spacial score (nSPS) is 37.9. The van der Waals surface area contributed by atoms with E-state index in [1.165, 1.54) is 24.8 Å². The lowest BCUT2D eigenvalue weighted by Gasteiger charge is -2.62. The molecule has 0 spiro atoms. The molecule has 0 radical (unpaired) electrons. The molecule has 1 aromatic rings. The largest absolute Gasteiger partial charge is 0.458 e. The lowest BCUT2D eigenvalue weighted by Crippen LogP contribution is -2.59. The van der Waals surface area contributed by atoms with E-state index >= 15 is 0 Å². The Hall–Kier alpha value is -1.90. The number of carbonyl (C=O) groups excluding carboxylic acids is 2. The van der Waals surface area contributed by atoms with Gasteiger partial charge in [-0.15, -0.1) is 0 Å². The number of allylic oxidation sites excluding steroid dienone is 2. The van der Waals surface area contributed by atoms with Crippen LogP contribution in [0.3, 0.4) is 0 Å². The van der Waals surface area contributed by atoms with E-state index in [0.717, 1.165) is 44.4 Å². The molecule has 4 aliphatic carbocycles. The fourth-order valence-electron chi connectivity index (χ4n) is 10.0. The molecule has 0 heterocycles. The number of carbonyl (C=O) groups is 2. The molecule has 214 valence electrons. The lowest BCUT2D eigenvalue weighted by atomic mass is 9.43. The van der Waals surface area contributed by atoms with Crippen LogP contribution in [0.5, 0.6) is 0 Å². The fraction of sp³-hybridized carbons (Fsp3) is 0.722. The van der Waals surface area contributed by atoms with E-state index in [-0.39, 0.29) is 34.2 Å². The Labute approximate surface area is 237 Å². The Bertz CT molecular complexity index is 1100. The summed E-state index contributed by atoms with van der Waals surface area (Å²) in [6.07, 6.45) is 12.0. The van der Waals surface area contributed by atoms with E-state index in [1.807, 2.05) is 30.3 Å². The second-order valence-corrected chi connectivity index (χ2v) is 15.3. The van der Waals surface area contributed by atoms with Gasteiger partial charge >= 0.3 is 5.97 Å². The molecule has 3 nitrogen and oxygen atoms in total. The number of benzene rings is 1. The third-order valence-electron chi connectivity index (χ3n) is 12.1. The third-order valence-corrected chi connectivity index (χ3v) is 12.1. The van der Waals surface area contributed by atoms with Crippen molar-refractivity contribution in [3.05, 3.63) is 47.5 Å². The summed E-state index contributed by atoms with van der Waals surface area (Å²) in [5, 5.41) is 0. The van der Waals surface area contributed by atoms with E-state index < -0.39 is 0 Å². The first-order valence-electron chi connectivity index (χ1n) is 15.9. The number of fused-ring (bicyclic) bond motifs is 5. The maximum Gasteiger partial charge on any atom is 0.338 e. The summed E-state index contributed by atoms with van der Waals surface area (Å²) >= 11 is 0. The molecule has 0 N–H and O–H groups in total. The molecule has 0 aliphatic heterocycles. The van der Waals surface area contributed by atoms with Crippen molar-refractivity contribution in [2.24, 2.45) is 51.8 Å². The smallest absolute Gasteiger partial charge is 0.338 e. The quantitative estimate of drug-likeness (QED) is 0.260.